The zero-order valence-electron chi connectivity index (χ0n) is 18.8. The molecule has 0 aliphatic heterocycles. The van der Waals surface area contributed by atoms with Crippen molar-refractivity contribution in [1.82, 2.24) is 14.9 Å². The van der Waals surface area contributed by atoms with Gasteiger partial charge in [-0.3, -0.25) is 9.78 Å². The number of fused-ring (bicyclic) bond motifs is 2. The SMILES string of the molecule is CCCCNC(=O)Oc1cn(CCc2ccc3ccccc3n2)c(=O)c2cc(OC)ccc12. The summed E-state index contributed by atoms with van der Waals surface area (Å²) < 4.78 is 12.4. The van der Waals surface area contributed by atoms with Gasteiger partial charge in [-0.1, -0.05) is 37.6 Å². The first kappa shape index (κ1) is 22.3. The van der Waals surface area contributed by atoms with Crippen LogP contribution in [-0.2, 0) is 13.0 Å². The fourth-order valence-electron chi connectivity index (χ4n) is 3.70. The lowest BCUT2D eigenvalue weighted by Gasteiger charge is -2.14. The number of nitrogens with zero attached hydrogens (tertiary/aromatic N) is 2. The minimum Gasteiger partial charge on any atom is -0.497 e. The van der Waals surface area contributed by atoms with Crippen molar-refractivity contribution in [2.24, 2.45) is 0 Å². The molecule has 7 nitrogen and oxygen atoms in total. The number of para-hydroxylation sites is 1. The summed E-state index contributed by atoms with van der Waals surface area (Å²) in [6.07, 6.45) is 3.45. The molecule has 0 saturated carbocycles. The summed E-state index contributed by atoms with van der Waals surface area (Å²) >= 11 is 0. The summed E-state index contributed by atoms with van der Waals surface area (Å²) in [6, 6.07) is 17.1. The molecule has 0 aliphatic rings. The Bertz CT molecular complexity index is 1350. The summed E-state index contributed by atoms with van der Waals surface area (Å²) in [5.41, 5.74) is 1.62. The number of aryl methyl sites for hydroxylation is 2. The molecule has 2 aromatic heterocycles. The van der Waals surface area contributed by atoms with Crippen LogP contribution in [0.15, 0.2) is 65.6 Å². The highest BCUT2D eigenvalue weighted by molar-refractivity contribution is 5.90. The van der Waals surface area contributed by atoms with E-state index in [9.17, 15) is 9.59 Å². The molecule has 0 bridgehead atoms. The molecular formula is C26H27N3O4. The number of amides is 1. The maximum absolute atomic E-state index is 13.2. The average molecular weight is 446 g/mol. The molecule has 4 aromatic rings. The van der Waals surface area contributed by atoms with Gasteiger partial charge >= 0.3 is 6.09 Å². The van der Waals surface area contributed by atoms with Crippen molar-refractivity contribution in [3.8, 4) is 11.5 Å². The normalized spacial score (nSPS) is 11.0. The molecule has 0 spiro atoms. The van der Waals surface area contributed by atoms with Gasteiger partial charge in [-0.05, 0) is 36.8 Å². The summed E-state index contributed by atoms with van der Waals surface area (Å²) in [7, 11) is 1.55. The van der Waals surface area contributed by atoms with E-state index >= 15 is 0 Å². The van der Waals surface area contributed by atoms with E-state index in [2.05, 4.69) is 5.32 Å². The Labute approximate surface area is 192 Å². The van der Waals surface area contributed by atoms with Crippen LogP contribution in [0, 0.1) is 0 Å². The van der Waals surface area contributed by atoms with Gasteiger partial charge in [-0.15, -0.1) is 0 Å². The van der Waals surface area contributed by atoms with Crippen molar-refractivity contribution >= 4 is 27.8 Å². The minimum absolute atomic E-state index is 0.177. The lowest BCUT2D eigenvalue weighted by Crippen LogP contribution is -2.29. The van der Waals surface area contributed by atoms with E-state index in [1.807, 2.05) is 43.3 Å². The summed E-state index contributed by atoms with van der Waals surface area (Å²) in [5, 5.41) is 4.81. The first-order valence-corrected chi connectivity index (χ1v) is 11.1. The number of benzene rings is 2. The Morgan fingerprint density at radius 3 is 2.76 bits per heavy atom. The predicted octanol–water partition coefficient (Wildman–Crippen LogP) is 4.69. The smallest absolute Gasteiger partial charge is 0.412 e. The number of methoxy groups -OCH3 is 1. The van der Waals surface area contributed by atoms with Gasteiger partial charge in [0, 0.05) is 36.0 Å². The third kappa shape index (κ3) is 5.14. The van der Waals surface area contributed by atoms with Crippen molar-refractivity contribution in [2.75, 3.05) is 13.7 Å². The van der Waals surface area contributed by atoms with E-state index in [1.54, 1.807) is 36.1 Å². The number of rotatable bonds is 8. The fraction of sp³-hybridized carbons (Fsp3) is 0.269. The highest BCUT2D eigenvalue weighted by Crippen LogP contribution is 2.27. The Morgan fingerprint density at radius 1 is 1.09 bits per heavy atom. The number of aromatic nitrogens is 2. The molecule has 0 unspecified atom stereocenters. The van der Waals surface area contributed by atoms with Crippen LogP contribution in [0.1, 0.15) is 25.5 Å². The number of pyridine rings is 2. The quantitative estimate of drug-likeness (QED) is 0.398. The number of hydrogen-bond acceptors (Lipinski definition) is 5. The van der Waals surface area contributed by atoms with E-state index in [4.69, 9.17) is 14.5 Å². The van der Waals surface area contributed by atoms with Crippen LogP contribution in [0.25, 0.3) is 21.7 Å². The third-order valence-corrected chi connectivity index (χ3v) is 5.52. The van der Waals surface area contributed by atoms with Crippen molar-refractivity contribution in [1.29, 1.82) is 0 Å². The van der Waals surface area contributed by atoms with Crippen LogP contribution in [-0.4, -0.2) is 29.3 Å². The second-order valence-electron chi connectivity index (χ2n) is 7.82. The Hall–Kier alpha value is -3.87. The van der Waals surface area contributed by atoms with Crippen LogP contribution in [0.2, 0.25) is 0 Å². The summed E-state index contributed by atoms with van der Waals surface area (Å²) in [6.45, 7) is 2.98. The molecular weight excluding hydrogens is 418 g/mol. The monoisotopic (exact) mass is 445 g/mol. The minimum atomic E-state index is -0.540. The third-order valence-electron chi connectivity index (χ3n) is 5.52. The maximum atomic E-state index is 13.2. The lowest BCUT2D eigenvalue weighted by molar-refractivity contribution is 0.200. The molecule has 170 valence electrons. The highest BCUT2D eigenvalue weighted by atomic mass is 16.6. The van der Waals surface area contributed by atoms with E-state index in [1.165, 1.54) is 0 Å². The van der Waals surface area contributed by atoms with Crippen LogP contribution < -0.4 is 20.3 Å². The number of carbonyl (C=O) groups excluding carboxylic acids is 1. The molecule has 0 radical (unpaired) electrons. The van der Waals surface area contributed by atoms with Gasteiger partial charge in [0.15, 0.2) is 5.75 Å². The lowest BCUT2D eigenvalue weighted by atomic mass is 10.1. The predicted molar refractivity (Wildman–Crippen MR) is 129 cm³/mol. The molecule has 1 amide bonds. The van der Waals surface area contributed by atoms with Gasteiger partial charge in [0.25, 0.3) is 5.56 Å². The highest BCUT2D eigenvalue weighted by Gasteiger charge is 2.14. The average Bonchev–Trinajstić information content (AvgIpc) is 2.84. The van der Waals surface area contributed by atoms with Gasteiger partial charge in [-0.25, -0.2) is 4.79 Å². The van der Waals surface area contributed by atoms with Crippen molar-refractivity contribution in [3.63, 3.8) is 0 Å². The zero-order valence-corrected chi connectivity index (χ0v) is 18.8. The van der Waals surface area contributed by atoms with Gasteiger partial charge in [0.05, 0.1) is 24.2 Å². The zero-order chi connectivity index (χ0) is 23.2. The van der Waals surface area contributed by atoms with E-state index < -0.39 is 6.09 Å². The van der Waals surface area contributed by atoms with Gasteiger partial charge < -0.3 is 19.4 Å². The first-order valence-electron chi connectivity index (χ1n) is 11.1. The second kappa shape index (κ2) is 10.2. The van der Waals surface area contributed by atoms with Crippen molar-refractivity contribution in [2.45, 2.75) is 32.7 Å². The van der Waals surface area contributed by atoms with Crippen LogP contribution in [0.3, 0.4) is 0 Å². The molecule has 7 heteroatoms. The van der Waals surface area contributed by atoms with E-state index in [0.29, 0.717) is 41.8 Å². The van der Waals surface area contributed by atoms with Gasteiger partial charge in [-0.2, -0.15) is 0 Å². The number of carbonyl (C=O) groups is 1. The number of hydrogen-bond donors (Lipinski definition) is 1. The topological polar surface area (TPSA) is 82.5 Å². The number of ether oxygens (including phenoxy) is 2. The van der Waals surface area contributed by atoms with Crippen LogP contribution in [0.5, 0.6) is 11.5 Å². The fourth-order valence-corrected chi connectivity index (χ4v) is 3.70. The van der Waals surface area contributed by atoms with Crippen LogP contribution >= 0.6 is 0 Å². The Morgan fingerprint density at radius 2 is 1.94 bits per heavy atom. The van der Waals surface area contributed by atoms with Gasteiger partial charge in [0.2, 0.25) is 0 Å². The first-order chi connectivity index (χ1) is 16.1. The van der Waals surface area contributed by atoms with E-state index in [0.717, 1.165) is 29.4 Å². The number of nitrogens with one attached hydrogen (secondary N) is 1. The Balaban J connectivity index is 1.64. The molecule has 0 aliphatic carbocycles. The molecule has 2 aromatic carbocycles. The molecule has 2 heterocycles. The van der Waals surface area contributed by atoms with Crippen molar-refractivity contribution in [3.05, 3.63) is 76.8 Å². The van der Waals surface area contributed by atoms with Gasteiger partial charge in [0.1, 0.15) is 5.75 Å². The maximum Gasteiger partial charge on any atom is 0.412 e. The molecule has 0 saturated heterocycles. The Kier molecular flexibility index (Phi) is 6.88. The molecule has 1 N–H and O–H groups in total. The largest absolute Gasteiger partial charge is 0.497 e. The number of unbranched alkanes of at least 4 members (excludes halogenated alkanes) is 1. The molecule has 0 atom stereocenters. The van der Waals surface area contributed by atoms with Crippen molar-refractivity contribution < 1.29 is 14.3 Å². The molecule has 0 fully saturated rings. The summed E-state index contributed by atoms with van der Waals surface area (Å²) in [4.78, 5) is 30.2. The van der Waals surface area contributed by atoms with Crippen LogP contribution in [0.4, 0.5) is 4.79 Å². The second-order valence-corrected chi connectivity index (χ2v) is 7.82. The standard InChI is InChI=1S/C26H27N3O4/c1-3-4-14-27-26(31)33-24-17-29(25(30)22-16-20(32-2)11-12-21(22)24)15-13-19-10-9-18-7-5-6-8-23(18)28-19/h5-12,16-17H,3-4,13-15H2,1-2H3,(H,27,31). The molecule has 4 rings (SSSR count). The molecule has 33 heavy (non-hydrogen) atoms. The van der Waals surface area contributed by atoms with E-state index in [-0.39, 0.29) is 5.56 Å². The summed E-state index contributed by atoms with van der Waals surface area (Å²) in [5.74, 6) is 0.889.